The first kappa shape index (κ1) is 16.4. The van der Waals surface area contributed by atoms with Crippen LogP contribution >= 0.6 is 11.3 Å². The zero-order chi connectivity index (χ0) is 17.3. The van der Waals surface area contributed by atoms with Gasteiger partial charge in [0.15, 0.2) is 11.0 Å². The average molecular weight is 367 g/mol. The molecule has 2 unspecified atom stereocenters. The van der Waals surface area contributed by atoms with E-state index >= 15 is 0 Å². The molecule has 126 valence electrons. The van der Waals surface area contributed by atoms with Crippen LogP contribution in [0.4, 0.5) is 21.9 Å². The zero-order valence-electron chi connectivity index (χ0n) is 12.5. The van der Waals surface area contributed by atoms with Crippen molar-refractivity contribution >= 4 is 45.5 Å². The summed E-state index contributed by atoms with van der Waals surface area (Å²) in [5, 5.41) is 15.6. The van der Waals surface area contributed by atoms with Gasteiger partial charge in [0, 0.05) is 12.5 Å². The highest BCUT2D eigenvalue weighted by Crippen LogP contribution is 2.34. The van der Waals surface area contributed by atoms with Crippen LogP contribution in [-0.2, 0) is 22.1 Å². The van der Waals surface area contributed by atoms with E-state index in [2.05, 4.69) is 10.0 Å². The second-order valence-corrected chi connectivity index (χ2v) is 7.52. The van der Waals surface area contributed by atoms with Gasteiger partial charge >= 0.3 is 6.09 Å². The Hall–Kier alpha value is -2.46. The summed E-state index contributed by atoms with van der Waals surface area (Å²) in [6.07, 6.45) is -0.631. The quantitative estimate of drug-likeness (QED) is 0.636. The summed E-state index contributed by atoms with van der Waals surface area (Å²) in [6, 6.07) is 6.21. The summed E-state index contributed by atoms with van der Waals surface area (Å²) in [7, 11) is -1.61. The normalized spacial score (nSPS) is 17.9. The Labute approximate surface area is 143 Å². The van der Waals surface area contributed by atoms with Gasteiger partial charge in [0.2, 0.25) is 0 Å². The topological polar surface area (TPSA) is 111 Å². The molecule has 24 heavy (non-hydrogen) atoms. The van der Waals surface area contributed by atoms with Crippen molar-refractivity contribution in [2.45, 2.75) is 23.7 Å². The lowest BCUT2D eigenvalue weighted by atomic mass is 10.0. The molecule has 2 aromatic rings. The Kier molecular flexibility index (Phi) is 4.49. The van der Waals surface area contributed by atoms with Gasteiger partial charge in [0.1, 0.15) is 16.0 Å². The van der Waals surface area contributed by atoms with Crippen molar-refractivity contribution in [2.24, 2.45) is 0 Å². The van der Waals surface area contributed by atoms with Crippen LogP contribution < -0.4 is 10.0 Å². The first-order valence-electron chi connectivity index (χ1n) is 6.95. The summed E-state index contributed by atoms with van der Waals surface area (Å²) in [5.74, 6) is 0. The molecule has 0 saturated carbocycles. The lowest BCUT2D eigenvalue weighted by Crippen LogP contribution is -2.17. The second kappa shape index (κ2) is 6.57. The number of amides is 1. The summed E-state index contributed by atoms with van der Waals surface area (Å²) in [6.45, 7) is 1.73. The highest BCUT2D eigenvalue weighted by atomic mass is 32.2. The van der Waals surface area contributed by atoms with Crippen LogP contribution in [0.3, 0.4) is 0 Å². The van der Waals surface area contributed by atoms with Crippen LogP contribution in [0.25, 0.3) is 0 Å². The number of carbonyl (C=O) groups is 1. The molecular weight excluding hydrogens is 354 g/mol. The van der Waals surface area contributed by atoms with Crippen LogP contribution in [0.2, 0.25) is 0 Å². The number of anilines is 2. The third-order valence-electron chi connectivity index (χ3n) is 3.35. The van der Waals surface area contributed by atoms with Crippen LogP contribution in [0.15, 0.2) is 33.9 Å². The molecular formula is C14H13N3O5S2. The van der Waals surface area contributed by atoms with E-state index in [0.717, 1.165) is 0 Å². The van der Waals surface area contributed by atoms with E-state index in [1.54, 1.807) is 24.4 Å². The first-order valence-corrected chi connectivity index (χ1v) is 8.98. The monoisotopic (exact) mass is 367 g/mol. The Morgan fingerprint density at radius 3 is 2.96 bits per heavy atom. The van der Waals surface area contributed by atoms with E-state index in [9.17, 15) is 19.1 Å². The van der Waals surface area contributed by atoms with Crippen LogP contribution in [0.1, 0.15) is 12.5 Å². The minimum absolute atomic E-state index is 0.133. The molecule has 3 rings (SSSR count). The van der Waals surface area contributed by atoms with E-state index in [1.165, 1.54) is 23.5 Å². The molecule has 1 aliphatic rings. The third kappa shape index (κ3) is 3.39. The van der Waals surface area contributed by atoms with Gasteiger partial charge in [-0.25, -0.2) is 9.00 Å². The van der Waals surface area contributed by atoms with Gasteiger partial charge in [0.25, 0.3) is 5.69 Å². The average Bonchev–Trinajstić information content (AvgIpc) is 2.98. The van der Waals surface area contributed by atoms with Gasteiger partial charge in [-0.2, -0.15) is 0 Å². The molecule has 8 nitrogen and oxygen atoms in total. The smallest absolute Gasteiger partial charge is 0.411 e. The molecule has 0 aliphatic carbocycles. The number of ether oxygens (including phenoxy) is 1. The van der Waals surface area contributed by atoms with Crippen molar-refractivity contribution in [3.8, 4) is 0 Å². The van der Waals surface area contributed by atoms with Crippen molar-refractivity contribution in [3.63, 3.8) is 0 Å². The van der Waals surface area contributed by atoms with Crippen LogP contribution in [-0.4, -0.2) is 21.3 Å². The predicted molar refractivity (Wildman–Crippen MR) is 90.7 cm³/mol. The van der Waals surface area contributed by atoms with Gasteiger partial charge in [-0.15, -0.1) is 11.3 Å². The SMILES string of the molecule is CC1Cc2cc(NS(=O)c3cccs3)c([N+](=O)[O-])cc2NC(=O)O1. The molecule has 0 fully saturated rings. The highest BCUT2D eigenvalue weighted by Gasteiger charge is 2.25. The molecule has 0 radical (unpaired) electrons. The number of nitro benzene ring substituents is 1. The maximum absolute atomic E-state index is 12.3. The fourth-order valence-electron chi connectivity index (χ4n) is 2.34. The Morgan fingerprint density at radius 1 is 1.50 bits per heavy atom. The fourth-order valence-corrected chi connectivity index (χ4v) is 4.10. The number of hydrogen-bond acceptors (Lipinski definition) is 6. The number of cyclic esters (lactones) is 1. The van der Waals surface area contributed by atoms with Crippen molar-refractivity contribution in [3.05, 3.63) is 45.3 Å². The third-order valence-corrected chi connectivity index (χ3v) is 5.66. The van der Waals surface area contributed by atoms with Crippen LogP contribution in [0.5, 0.6) is 0 Å². The molecule has 1 amide bonds. The lowest BCUT2D eigenvalue weighted by molar-refractivity contribution is -0.383. The number of thiophene rings is 1. The molecule has 1 aromatic heterocycles. The summed E-state index contributed by atoms with van der Waals surface area (Å²) >= 11 is 1.29. The minimum Gasteiger partial charge on any atom is -0.446 e. The number of carbonyl (C=O) groups excluding carboxylic acids is 1. The van der Waals surface area contributed by atoms with Gasteiger partial charge in [-0.1, -0.05) is 6.07 Å². The van der Waals surface area contributed by atoms with E-state index in [0.29, 0.717) is 21.9 Å². The number of nitrogens with one attached hydrogen (secondary N) is 2. The summed E-state index contributed by atoms with van der Waals surface area (Å²) in [5.41, 5.74) is 0.857. The van der Waals surface area contributed by atoms with Crippen molar-refractivity contribution in [1.29, 1.82) is 0 Å². The standard InChI is InChI=1S/C14H13N3O5S2/c1-8-5-9-6-11(16-24(21)13-3-2-4-23-13)12(17(19)20)7-10(9)15-14(18)22-8/h2-4,6-8,16H,5H2,1H3,(H,15,18). The molecule has 1 aliphatic heterocycles. The number of nitro groups is 1. The molecule has 2 atom stereocenters. The minimum atomic E-state index is -1.61. The molecule has 1 aromatic carbocycles. The molecule has 0 saturated heterocycles. The van der Waals surface area contributed by atoms with E-state index in [4.69, 9.17) is 4.74 Å². The van der Waals surface area contributed by atoms with Gasteiger partial charge in [0.05, 0.1) is 10.6 Å². The van der Waals surface area contributed by atoms with Gasteiger partial charge in [-0.3, -0.25) is 20.2 Å². The largest absolute Gasteiger partial charge is 0.446 e. The van der Waals surface area contributed by atoms with E-state index in [1.807, 2.05) is 0 Å². The zero-order valence-corrected chi connectivity index (χ0v) is 14.1. The number of fused-ring (bicyclic) bond motifs is 1. The predicted octanol–water partition coefficient (Wildman–Crippen LogP) is 3.28. The summed E-state index contributed by atoms with van der Waals surface area (Å²) in [4.78, 5) is 22.3. The van der Waals surface area contributed by atoms with Gasteiger partial charge in [-0.05, 0) is 30.0 Å². The molecule has 0 bridgehead atoms. The number of hydrogen-bond donors (Lipinski definition) is 2. The highest BCUT2D eigenvalue weighted by molar-refractivity contribution is 7.88. The van der Waals surface area contributed by atoms with Crippen LogP contribution in [0, 0.1) is 10.1 Å². The first-order chi connectivity index (χ1) is 11.4. The molecule has 10 heteroatoms. The second-order valence-electron chi connectivity index (χ2n) is 5.13. The van der Waals surface area contributed by atoms with Crippen molar-refractivity contribution < 1.29 is 18.7 Å². The molecule has 2 N–H and O–H groups in total. The lowest BCUT2D eigenvalue weighted by Gasteiger charge is -2.11. The number of benzene rings is 1. The number of rotatable bonds is 4. The Balaban J connectivity index is 2.00. The van der Waals surface area contributed by atoms with Gasteiger partial charge < -0.3 is 4.74 Å². The molecule has 2 heterocycles. The number of nitrogens with zero attached hydrogens (tertiary/aromatic N) is 1. The Morgan fingerprint density at radius 2 is 2.29 bits per heavy atom. The Bertz CT molecular complexity index is 822. The maximum atomic E-state index is 12.3. The van der Waals surface area contributed by atoms with Crippen molar-refractivity contribution in [1.82, 2.24) is 0 Å². The molecule has 0 spiro atoms. The van der Waals surface area contributed by atoms with E-state index in [-0.39, 0.29) is 17.5 Å². The van der Waals surface area contributed by atoms with Crippen molar-refractivity contribution in [2.75, 3.05) is 10.0 Å². The maximum Gasteiger partial charge on any atom is 0.411 e. The van der Waals surface area contributed by atoms with E-state index < -0.39 is 22.0 Å². The fraction of sp³-hybridized carbons (Fsp3) is 0.214. The summed E-state index contributed by atoms with van der Waals surface area (Å²) < 4.78 is 20.6.